The van der Waals surface area contributed by atoms with Gasteiger partial charge < -0.3 is 35.4 Å². The first kappa shape index (κ1) is 12.8. The normalized spacial score (nSPS) is 21.0. The van der Waals surface area contributed by atoms with Crippen LogP contribution in [0.15, 0.2) is 12.0 Å². The molecule has 0 fully saturated rings. The number of carbonyl (C=O) groups excluding carboxylic acids is 1. The average molecular weight is 208 g/mol. The Kier molecular flexibility index (Phi) is 5.10. The summed E-state index contributed by atoms with van der Waals surface area (Å²) in [5, 5.41) is 52.7. The third kappa shape index (κ3) is 2.96. The molecule has 0 saturated carbocycles. The van der Waals surface area contributed by atoms with Crippen molar-refractivity contribution < 1.29 is 35.4 Å². The van der Waals surface area contributed by atoms with Gasteiger partial charge in [0.15, 0.2) is 12.0 Å². The molecule has 0 aliphatic rings. The number of aliphatic hydroxyl groups excluding tert-OH is 6. The van der Waals surface area contributed by atoms with Gasteiger partial charge in [0.2, 0.25) is 0 Å². The summed E-state index contributed by atoms with van der Waals surface area (Å²) in [7, 11) is 0. The molecule has 0 saturated heterocycles. The molecule has 14 heavy (non-hydrogen) atoms. The number of aldehydes is 1. The van der Waals surface area contributed by atoms with E-state index in [-0.39, 0.29) is 12.5 Å². The molecule has 7 nitrogen and oxygen atoms in total. The first-order valence-electron chi connectivity index (χ1n) is 3.66. The van der Waals surface area contributed by atoms with E-state index in [2.05, 4.69) is 0 Å². The molecule has 7 heteroatoms. The summed E-state index contributed by atoms with van der Waals surface area (Å²) in [5.41, 5.74) is 0. The van der Waals surface area contributed by atoms with Crippen molar-refractivity contribution in [1.82, 2.24) is 0 Å². The van der Waals surface area contributed by atoms with Crippen LogP contribution in [0.4, 0.5) is 0 Å². The van der Waals surface area contributed by atoms with Crippen LogP contribution in [-0.2, 0) is 4.79 Å². The van der Waals surface area contributed by atoms with E-state index in [1.807, 2.05) is 0 Å². The fourth-order valence-corrected chi connectivity index (χ4v) is 0.721. The molecule has 6 N–H and O–H groups in total. The van der Waals surface area contributed by atoms with Gasteiger partial charge in [0, 0.05) is 0 Å². The summed E-state index contributed by atoms with van der Waals surface area (Å²) in [4.78, 5) is 9.98. The number of carbonyl (C=O) groups is 1. The predicted octanol–water partition coefficient (Wildman–Crippen LogP) is -2.41. The summed E-state index contributed by atoms with van der Waals surface area (Å²) in [6.07, 6.45) is -7.73. The van der Waals surface area contributed by atoms with E-state index in [0.717, 1.165) is 0 Å². The Hall–Kier alpha value is -1.15. The zero-order chi connectivity index (χ0) is 11.3. The molecule has 0 bridgehead atoms. The van der Waals surface area contributed by atoms with E-state index in [0.29, 0.717) is 0 Å². The van der Waals surface area contributed by atoms with E-state index in [1.165, 1.54) is 0 Å². The molecule has 0 aromatic heterocycles. The SMILES string of the molecule is O=C[C@@H](O)[C@H](O)[C@@H](O)[C@H](O)/C(O)=C\O. The maximum Gasteiger partial charge on any atom is 0.158 e. The van der Waals surface area contributed by atoms with E-state index in [1.54, 1.807) is 0 Å². The molecule has 0 heterocycles. The monoisotopic (exact) mass is 208 g/mol. The van der Waals surface area contributed by atoms with Gasteiger partial charge in [0.05, 0.1) is 0 Å². The number of hydrogen-bond donors (Lipinski definition) is 6. The van der Waals surface area contributed by atoms with Crippen molar-refractivity contribution in [2.24, 2.45) is 0 Å². The lowest BCUT2D eigenvalue weighted by molar-refractivity contribution is -0.133. The first-order valence-corrected chi connectivity index (χ1v) is 3.66. The van der Waals surface area contributed by atoms with E-state index >= 15 is 0 Å². The van der Waals surface area contributed by atoms with Crippen molar-refractivity contribution in [3.63, 3.8) is 0 Å². The highest BCUT2D eigenvalue weighted by Crippen LogP contribution is 2.09. The standard InChI is InChI=1S/C7H12O7/c8-1-3(10)5(12)7(14)6(13)4(11)2-9/h1-3,5-7,9-14H/b4-2+/t3-,5+,6-,7-/m1/s1. The molecule has 0 aliphatic carbocycles. The Morgan fingerprint density at radius 2 is 1.57 bits per heavy atom. The molecule has 0 aliphatic heterocycles. The summed E-state index contributed by atoms with van der Waals surface area (Å²) in [5.74, 6) is -0.991. The summed E-state index contributed by atoms with van der Waals surface area (Å²) in [6, 6.07) is 0. The van der Waals surface area contributed by atoms with Crippen LogP contribution < -0.4 is 0 Å². The predicted molar refractivity (Wildman–Crippen MR) is 43.4 cm³/mol. The highest BCUT2D eigenvalue weighted by atomic mass is 16.4. The second-order valence-electron chi connectivity index (χ2n) is 2.61. The molecule has 82 valence electrons. The van der Waals surface area contributed by atoms with Gasteiger partial charge in [-0.15, -0.1) is 0 Å². The molecule has 0 rings (SSSR count). The second kappa shape index (κ2) is 5.55. The zero-order valence-corrected chi connectivity index (χ0v) is 7.06. The van der Waals surface area contributed by atoms with Gasteiger partial charge in [-0.3, -0.25) is 0 Å². The van der Waals surface area contributed by atoms with E-state index in [9.17, 15) is 4.79 Å². The fraction of sp³-hybridized carbons (Fsp3) is 0.571. The molecule has 4 atom stereocenters. The molecule has 0 unspecified atom stereocenters. The number of aliphatic hydroxyl groups is 6. The highest BCUT2D eigenvalue weighted by Gasteiger charge is 2.32. The minimum absolute atomic E-state index is 0.0414. The fourth-order valence-electron chi connectivity index (χ4n) is 0.721. The van der Waals surface area contributed by atoms with E-state index < -0.39 is 30.2 Å². The molecule has 0 spiro atoms. The maximum absolute atomic E-state index is 9.98. The van der Waals surface area contributed by atoms with Crippen molar-refractivity contribution in [3.05, 3.63) is 12.0 Å². The van der Waals surface area contributed by atoms with Crippen molar-refractivity contribution in [1.29, 1.82) is 0 Å². The van der Waals surface area contributed by atoms with Gasteiger partial charge in [-0.1, -0.05) is 0 Å². The Bertz CT molecular complexity index is 214. The van der Waals surface area contributed by atoms with Gasteiger partial charge in [-0.2, -0.15) is 0 Å². The lowest BCUT2D eigenvalue weighted by Crippen LogP contribution is -2.45. The van der Waals surface area contributed by atoms with Crippen LogP contribution in [0.1, 0.15) is 0 Å². The van der Waals surface area contributed by atoms with E-state index in [4.69, 9.17) is 30.6 Å². The van der Waals surface area contributed by atoms with Gasteiger partial charge in [0.1, 0.15) is 30.7 Å². The van der Waals surface area contributed by atoms with Crippen LogP contribution in [0.2, 0.25) is 0 Å². The lowest BCUT2D eigenvalue weighted by Gasteiger charge is -2.23. The molecule has 0 amide bonds. The minimum Gasteiger partial charge on any atom is -0.512 e. The largest absolute Gasteiger partial charge is 0.512 e. The van der Waals surface area contributed by atoms with Crippen molar-refractivity contribution in [2.45, 2.75) is 24.4 Å². The quantitative estimate of drug-likeness (QED) is 0.218. The first-order chi connectivity index (χ1) is 6.45. The Morgan fingerprint density at radius 3 is 1.93 bits per heavy atom. The smallest absolute Gasteiger partial charge is 0.158 e. The van der Waals surface area contributed by atoms with Crippen LogP contribution >= 0.6 is 0 Å². The van der Waals surface area contributed by atoms with Crippen LogP contribution in [0.5, 0.6) is 0 Å². The molecule has 0 radical (unpaired) electrons. The Morgan fingerprint density at radius 1 is 1.07 bits per heavy atom. The molecule has 0 aromatic rings. The number of rotatable bonds is 5. The van der Waals surface area contributed by atoms with Crippen LogP contribution in [0.25, 0.3) is 0 Å². The molecule has 0 aromatic carbocycles. The van der Waals surface area contributed by atoms with Gasteiger partial charge >= 0.3 is 0 Å². The third-order valence-electron chi connectivity index (χ3n) is 1.60. The van der Waals surface area contributed by atoms with Crippen LogP contribution in [0, 0.1) is 0 Å². The second-order valence-corrected chi connectivity index (χ2v) is 2.61. The maximum atomic E-state index is 9.98. The van der Waals surface area contributed by atoms with Gasteiger partial charge in [-0.25, -0.2) is 0 Å². The Balaban J connectivity index is 4.45. The van der Waals surface area contributed by atoms with Crippen molar-refractivity contribution >= 4 is 6.29 Å². The average Bonchev–Trinajstić information content (AvgIpc) is 2.23. The topological polar surface area (TPSA) is 138 Å². The molecular weight excluding hydrogens is 196 g/mol. The van der Waals surface area contributed by atoms with Crippen LogP contribution in [-0.4, -0.2) is 61.3 Å². The lowest BCUT2D eigenvalue weighted by atomic mass is 10.0. The van der Waals surface area contributed by atoms with Gasteiger partial charge in [-0.05, 0) is 0 Å². The number of hydrogen-bond acceptors (Lipinski definition) is 7. The third-order valence-corrected chi connectivity index (χ3v) is 1.60. The summed E-state index contributed by atoms with van der Waals surface area (Å²) in [6.45, 7) is 0. The summed E-state index contributed by atoms with van der Waals surface area (Å²) < 4.78 is 0. The van der Waals surface area contributed by atoms with Crippen LogP contribution in [0.3, 0.4) is 0 Å². The highest BCUT2D eigenvalue weighted by molar-refractivity contribution is 5.56. The van der Waals surface area contributed by atoms with Gasteiger partial charge in [0.25, 0.3) is 0 Å². The van der Waals surface area contributed by atoms with Crippen molar-refractivity contribution in [2.75, 3.05) is 0 Å². The van der Waals surface area contributed by atoms with Crippen molar-refractivity contribution in [3.8, 4) is 0 Å². The molecular formula is C7H12O7. The minimum atomic E-state index is -1.99. The Labute approximate surface area is 79.2 Å². The zero-order valence-electron chi connectivity index (χ0n) is 7.06. The summed E-state index contributed by atoms with van der Waals surface area (Å²) >= 11 is 0.